The number of carbonyl (C=O) groups excluding carboxylic acids is 3. The van der Waals surface area contributed by atoms with Crippen LogP contribution in [-0.4, -0.2) is 28.7 Å². The molecule has 3 amide bonds. The van der Waals surface area contributed by atoms with E-state index in [4.69, 9.17) is 0 Å². The Morgan fingerprint density at radius 2 is 1.47 bits per heavy atom. The maximum Gasteiger partial charge on any atom is 0.233 e. The number of nitrogens with zero attached hydrogens (tertiary/aromatic N) is 1. The van der Waals surface area contributed by atoms with Crippen molar-refractivity contribution >= 4 is 46.0 Å². The van der Waals surface area contributed by atoms with Crippen molar-refractivity contribution in [1.82, 2.24) is 4.90 Å². The van der Waals surface area contributed by atoms with Crippen LogP contribution in [0.5, 0.6) is 0 Å². The molecule has 0 spiro atoms. The van der Waals surface area contributed by atoms with Crippen LogP contribution >= 0.6 is 22.6 Å². The van der Waals surface area contributed by atoms with Crippen molar-refractivity contribution in [2.45, 2.75) is 38.1 Å². The number of carbonyl (C=O) groups is 3. The van der Waals surface area contributed by atoms with Gasteiger partial charge in [0.1, 0.15) is 0 Å². The number of hydrogen-bond acceptors (Lipinski definition) is 3. The van der Waals surface area contributed by atoms with E-state index in [1.807, 2.05) is 24.3 Å². The summed E-state index contributed by atoms with van der Waals surface area (Å²) in [6.45, 7) is 0. The Kier molecular flexibility index (Phi) is 4.38. The Morgan fingerprint density at radius 1 is 0.900 bits per heavy atom. The van der Waals surface area contributed by atoms with Crippen LogP contribution in [0.15, 0.2) is 36.4 Å². The van der Waals surface area contributed by atoms with Gasteiger partial charge in [-0.05, 0) is 103 Å². The molecule has 4 fully saturated rings. The largest absolute Gasteiger partial charge is 0.326 e. The van der Waals surface area contributed by atoms with E-state index < -0.39 is 0 Å². The summed E-state index contributed by atoms with van der Waals surface area (Å²) in [5.41, 5.74) is 0.818. The zero-order valence-electron chi connectivity index (χ0n) is 16.7. The van der Waals surface area contributed by atoms with Crippen molar-refractivity contribution in [3.8, 4) is 0 Å². The first-order valence-corrected chi connectivity index (χ1v) is 12.2. The van der Waals surface area contributed by atoms with Gasteiger partial charge in [-0.15, -0.1) is 0 Å². The lowest BCUT2D eigenvalue weighted by molar-refractivity contribution is -0.144. The minimum atomic E-state index is -0.113. The van der Waals surface area contributed by atoms with E-state index in [-0.39, 0.29) is 53.4 Å². The molecule has 156 valence electrons. The van der Waals surface area contributed by atoms with E-state index in [9.17, 15) is 14.4 Å². The molecule has 2 bridgehead atoms. The molecule has 1 aliphatic heterocycles. The summed E-state index contributed by atoms with van der Waals surface area (Å²) >= 11 is 2.24. The molecule has 1 aromatic carbocycles. The standard InChI is InChI=1S/C24H25IN2O3/c25-13-3-5-14(6-4-13)26-22(28)12-1-7-15(8-2-12)27-23(29)20-16-9-10-17(19-11-18(16)19)21(20)24(27)30/h3-6,9-10,12,15-21H,1-2,7-8,11H2,(H,26,28)/t12?,15?,16-,17-,18-,19+,20-,21-/m1/s1. The van der Waals surface area contributed by atoms with E-state index in [1.54, 1.807) is 4.90 Å². The highest BCUT2D eigenvalue weighted by atomic mass is 127. The molecule has 7 rings (SSSR count). The molecule has 6 aliphatic rings. The summed E-state index contributed by atoms with van der Waals surface area (Å²) < 4.78 is 1.13. The van der Waals surface area contributed by atoms with Gasteiger partial charge in [-0.3, -0.25) is 19.3 Å². The van der Waals surface area contributed by atoms with Crippen LogP contribution < -0.4 is 5.32 Å². The van der Waals surface area contributed by atoms with Gasteiger partial charge >= 0.3 is 0 Å². The predicted octanol–water partition coefficient (Wildman–Crippen LogP) is 3.84. The first kappa shape index (κ1) is 19.0. The molecular weight excluding hydrogens is 491 g/mol. The molecular formula is C24H25IN2O3. The topological polar surface area (TPSA) is 66.5 Å². The van der Waals surface area contributed by atoms with Crippen LogP contribution in [0.25, 0.3) is 0 Å². The fourth-order valence-corrected chi connectivity index (χ4v) is 7.07. The minimum Gasteiger partial charge on any atom is -0.326 e. The molecule has 3 saturated carbocycles. The minimum absolute atomic E-state index is 0.0336. The number of rotatable bonds is 3. The second kappa shape index (κ2) is 6.90. The second-order valence-corrected chi connectivity index (χ2v) is 10.9. The van der Waals surface area contributed by atoms with Crippen molar-refractivity contribution in [2.75, 3.05) is 5.32 Å². The zero-order valence-corrected chi connectivity index (χ0v) is 18.8. The Balaban J connectivity index is 1.11. The molecule has 6 atom stereocenters. The van der Waals surface area contributed by atoms with Crippen LogP contribution in [0.1, 0.15) is 32.1 Å². The number of nitrogens with one attached hydrogen (secondary N) is 1. The molecule has 1 aromatic rings. The number of imide groups is 1. The number of benzene rings is 1. The lowest BCUT2D eigenvalue weighted by Gasteiger charge is -2.37. The van der Waals surface area contributed by atoms with Gasteiger partial charge < -0.3 is 5.32 Å². The SMILES string of the molecule is O=C(Nc1ccc(I)cc1)C1CCC(N2C(=O)[C@@H]3[C@@H]4C=C[C@H]([C@@H]5C[C@H]45)[C@H]3C2=O)CC1. The monoisotopic (exact) mass is 516 g/mol. The van der Waals surface area contributed by atoms with E-state index in [0.717, 1.165) is 34.9 Å². The summed E-state index contributed by atoms with van der Waals surface area (Å²) in [7, 11) is 0. The molecule has 0 radical (unpaired) electrons. The highest BCUT2D eigenvalue weighted by Crippen LogP contribution is 2.65. The summed E-state index contributed by atoms with van der Waals surface area (Å²) in [5.74, 6) is 1.74. The zero-order chi connectivity index (χ0) is 20.6. The van der Waals surface area contributed by atoms with E-state index >= 15 is 0 Å². The molecule has 1 N–H and O–H groups in total. The van der Waals surface area contributed by atoms with E-state index in [2.05, 4.69) is 40.1 Å². The van der Waals surface area contributed by atoms with Gasteiger partial charge in [0, 0.05) is 21.2 Å². The third-order valence-electron chi connectivity index (χ3n) is 8.24. The first-order chi connectivity index (χ1) is 14.5. The average molecular weight is 516 g/mol. The fourth-order valence-electron chi connectivity index (χ4n) is 6.71. The molecule has 6 heteroatoms. The van der Waals surface area contributed by atoms with Crippen molar-refractivity contribution in [1.29, 1.82) is 0 Å². The fraction of sp³-hybridized carbons (Fsp3) is 0.542. The molecule has 0 unspecified atom stereocenters. The van der Waals surface area contributed by atoms with Gasteiger partial charge in [0.15, 0.2) is 0 Å². The van der Waals surface area contributed by atoms with Crippen LogP contribution in [0.2, 0.25) is 0 Å². The van der Waals surface area contributed by atoms with Gasteiger partial charge in [0.25, 0.3) is 0 Å². The summed E-state index contributed by atoms with van der Waals surface area (Å²) in [4.78, 5) is 40.9. The lowest BCUT2D eigenvalue weighted by atomic mass is 9.63. The van der Waals surface area contributed by atoms with Gasteiger partial charge in [0.2, 0.25) is 17.7 Å². The van der Waals surface area contributed by atoms with Gasteiger partial charge in [-0.2, -0.15) is 0 Å². The maximum atomic E-state index is 13.3. The second-order valence-electron chi connectivity index (χ2n) is 9.70. The molecule has 5 aliphatic carbocycles. The molecule has 1 heterocycles. The molecule has 30 heavy (non-hydrogen) atoms. The quantitative estimate of drug-likeness (QED) is 0.377. The summed E-state index contributed by atoms with van der Waals surface area (Å²) in [6.07, 6.45) is 8.56. The number of anilines is 1. The average Bonchev–Trinajstić information content (AvgIpc) is 3.53. The normalized spacial score (nSPS) is 40.9. The summed E-state index contributed by atoms with van der Waals surface area (Å²) in [6, 6.07) is 7.75. The number of hydrogen-bond donors (Lipinski definition) is 1. The van der Waals surface area contributed by atoms with Gasteiger partial charge in [0.05, 0.1) is 11.8 Å². The van der Waals surface area contributed by atoms with Crippen molar-refractivity contribution in [3.05, 3.63) is 40.0 Å². The summed E-state index contributed by atoms with van der Waals surface area (Å²) in [5, 5.41) is 3.01. The Labute approximate surface area is 189 Å². The third-order valence-corrected chi connectivity index (χ3v) is 8.96. The van der Waals surface area contributed by atoms with Crippen LogP contribution in [0.3, 0.4) is 0 Å². The highest BCUT2D eigenvalue weighted by molar-refractivity contribution is 14.1. The van der Waals surface area contributed by atoms with Crippen molar-refractivity contribution in [2.24, 2.45) is 41.4 Å². The molecule has 5 nitrogen and oxygen atoms in total. The van der Waals surface area contributed by atoms with E-state index in [0.29, 0.717) is 11.8 Å². The molecule has 1 saturated heterocycles. The van der Waals surface area contributed by atoms with Crippen LogP contribution in [0.4, 0.5) is 5.69 Å². The van der Waals surface area contributed by atoms with Crippen LogP contribution in [-0.2, 0) is 14.4 Å². The third kappa shape index (κ3) is 2.82. The van der Waals surface area contributed by atoms with Crippen LogP contribution in [0, 0.1) is 45.0 Å². The van der Waals surface area contributed by atoms with Crippen molar-refractivity contribution in [3.63, 3.8) is 0 Å². The van der Waals surface area contributed by atoms with Gasteiger partial charge in [-0.1, -0.05) is 12.2 Å². The highest BCUT2D eigenvalue weighted by Gasteiger charge is 2.67. The number of amides is 3. The number of allylic oxidation sites excluding steroid dienone is 2. The van der Waals surface area contributed by atoms with Gasteiger partial charge in [-0.25, -0.2) is 0 Å². The smallest absolute Gasteiger partial charge is 0.233 e. The van der Waals surface area contributed by atoms with Crippen molar-refractivity contribution < 1.29 is 14.4 Å². The number of halogens is 1. The Bertz CT molecular complexity index is 914. The Morgan fingerprint density at radius 3 is 2.03 bits per heavy atom. The Hall–Kier alpha value is -1.70. The molecule has 0 aromatic heterocycles. The van der Waals surface area contributed by atoms with E-state index in [1.165, 1.54) is 6.42 Å². The predicted molar refractivity (Wildman–Crippen MR) is 120 cm³/mol. The lowest BCUT2D eigenvalue weighted by Crippen LogP contribution is -2.44. The number of likely N-dealkylation sites (tertiary alicyclic amines) is 1. The maximum absolute atomic E-state index is 13.3. The first-order valence-electron chi connectivity index (χ1n) is 11.1.